The summed E-state index contributed by atoms with van der Waals surface area (Å²) in [6.45, 7) is 1.29. The van der Waals surface area contributed by atoms with Gasteiger partial charge in [0.15, 0.2) is 17.3 Å². The van der Waals surface area contributed by atoms with Crippen LogP contribution < -0.4 is 9.47 Å². The van der Waals surface area contributed by atoms with E-state index in [9.17, 15) is 4.79 Å². The van der Waals surface area contributed by atoms with E-state index in [1.165, 1.54) is 6.42 Å². The third-order valence-electron chi connectivity index (χ3n) is 6.04. The predicted octanol–water partition coefficient (Wildman–Crippen LogP) is 2.60. The van der Waals surface area contributed by atoms with Crippen molar-refractivity contribution in [2.24, 2.45) is 0 Å². The lowest BCUT2D eigenvalue weighted by Gasteiger charge is -2.21. The van der Waals surface area contributed by atoms with Crippen molar-refractivity contribution in [1.29, 1.82) is 0 Å². The number of hydrogen-bond donors (Lipinski definition) is 0. The average molecular weight is 320 g/mol. The summed E-state index contributed by atoms with van der Waals surface area (Å²) in [5.74, 6) is 2.47. The van der Waals surface area contributed by atoms with Crippen molar-refractivity contribution in [2.45, 2.75) is 43.2 Å². The maximum absolute atomic E-state index is 12.9. The smallest absolute Gasteiger partial charge is 0.231 e. The number of ketones is 1. The van der Waals surface area contributed by atoms with Gasteiger partial charge in [0.05, 0.1) is 5.54 Å². The van der Waals surface area contributed by atoms with Crippen LogP contribution in [-0.2, 0) is 16.8 Å². The number of benzene rings is 1. The zero-order valence-electron chi connectivity index (χ0n) is 12.4. The minimum Gasteiger partial charge on any atom is -0.454 e. The van der Waals surface area contributed by atoms with E-state index < -0.39 is 5.54 Å². The highest BCUT2D eigenvalue weighted by atomic mass is 35.5. The van der Waals surface area contributed by atoms with Gasteiger partial charge < -0.3 is 9.47 Å². The molecule has 0 amide bonds. The van der Waals surface area contributed by atoms with E-state index in [0.717, 1.165) is 48.4 Å². The molecule has 1 saturated carbocycles. The van der Waals surface area contributed by atoms with Crippen LogP contribution in [0.2, 0.25) is 0 Å². The summed E-state index contributed by atoms with van der Waals surface area (Å²) in [4.78, 5) is 15.3. The van der Waals surface area contributed by atoms with Crippen LogP contribution in [0.3, 0.4) is 0 Å². The minimum absolute atomic E-state index is 0.0822. The van der Waals surface area contributed by atoms with Crippen molar-refractivity contribution in [3.63, 3.8) is 0 Å². The van der Waals surface area contributed by atoms with Crippen LogP contribution in [0.1, 0.15) is 36.8 Å². The molecule has 1 aliphatic carbocycles. The van der Waals surface area contributed by atoms with Gasteiger partial charge in [-0.3, -0.25) is 9.69 Å². The van der Waals surface area contributed by atoms with E-state index in [2.05, 4.69) is 4.90 Å². The van der Waals surface area contributed by atoms with E-state index in [1.54, 1.807) is 0 Å². The number of rotatable bonds is 3. The highest BCUT2D eigenvalue weighted by Crippen LogP contribution is 2.71. The maximum Gasteiger partial charge on any atom is 0.231 e. The van der Waals surface area contributed by atoms with Crippen molar-refractivity contribution in [2.75, 3.05) is 19.2 Å². The second-order valence-corrected chi connectivity index (χ2v) is 7.10. The van der Waals surface area contributed by atoms with Crippen LogP contribution >= 0.6 is 11.6 Å². The minimum atomic E-state index is -0.395. The topological polar surface area (TPSA) is 38.5 Å². The van der Waals surface area contributed by atoms with E-state index in [4.69, 9.17) is 21.1 Å². The molecule has 1 spiro atoms. The molecule has 0 aromatic heterocycles. The Morgan fingerprint density at radius 1 is 1.23 bits per heavy atom. The van der Waals surface area contributed by atoms with Gasteiger partial charge in [0.1, 0.15) is 5.54 Å². The molecule has 3 fully saturated rings. The quantitative estimate of drug-likeness (QED) is 0.634. The molecule has 3 aliphatic heterocycles. The zero-order chi connectivity index (χ0) is 14.9. The molecule has 0 bridgehead atoms. The SMILES string of the molecule is O=C1CC[C@]23CCCN2[C@]13c1cc2c(cc1CCCl)OCO2. The summed E-state index contributed by atoms with van der Waals surface area (Å²) in [6, 6.07) is 4.08. The van der Waals surface area contributed by atoms with Crippen molar-refractivity contribution in [1.82, 2.24) is 4.90 Å². The lowest BCUT2D eigenvalue weighted by molar-refractivity contribution is -0.122. The summed E-state index contributed by atoms with van der Waals surface area (Å²) < 4.78 is 11.1. The number of nitrogens with zero attached hydrogens (tertiary/aromatic N) is 1. The Kier molecular flexibility index (Phi) is 2.51. The zero-order valence-corrected chi connectivity index (χ0v) is 13.1. The molecule has 1 unspecified atom stereocenters. The van der Waals surface area contributed by atoms with Crippen LogP contribution in [-0.4, -0.2) is 35.4 Å². The normalized spacial score (nSPS) is 37.3. The van der Waals surface area contributed by atoms with E-state index in [-0.39, 0.29) is 12.3 Å². The number of carbonyl (C=O) groups excluding carboxylic acids is 1. The van der Waals surface area contributed by atoms with Gasteiger partial charge in [-0.25, -0.2) is 0 Å². The monoisotopic (exact) mass is 319 g/mol. The number of ether oxygens (including phenoxy) is 2. The Morgan fingerprint density at radius 3 is 2.82 bits per heavy atom. The Morgan fingerprint density at radius 2 is 2.05 bits per heavy atom. The summed E-state index contributed by atoms with van der Waals surface area (Å²) in [7, 11) is 0. The Hall–Kier alpha value is -1.26. The Bertz CT molecular complexity index is 691. The standard InChI is InChI=1S/C17H18ClNO3/c18-6-3-11-8-13-14(22-10-21-13)9-12(11)17-15(20)2-5-16(17)4-1-7-19(16)17/h8-9H,1-7,10H2/t16-,17+,19?/m0/s1. The molecule has 116 valence electrons. The first-order valence-corrected chi connectivity index (χ1v) is 8.57. The summed E-state index contributed by atoms with van der Waals surface area (Å²) in [5.41, 5.74) is 1.95. The Balaban J connectivity index is 1.70. The molecular weight excluding hydrogens is 302 g/mol. The van der Waals surface area contributed by atoms with Crippen LogP contribution in [0.15, 0.2) is 12.1 Å². The molecule has 4 nitrogen and oxygen atoms in total. The van der Waals surface area contributed by atoms with Gasteiger partial charge in [0.2, 0.25) is 6.79 Å². The average Bonchev–Trinajstić information content (AvgIpc) is 2.99. The third kappa shape index (κ3) is 1.29. The first-order chi connectivity index (χ1) is 10.7. The van der Waals surface area contributed by atoms with Gasteiger partial charge in [-0.2, -0.15) is 0 Å². The number of halogens is 1. The molecule has 0 N–H and O–H groups in total. The van der Waals surface area contributed by atoms with Crippen molar-refractivity contribution in [3.8, 4) is 11.5 Å². The lowest BCUT2D eigenvalue weighted by atomic mass is 9.82. The number of piperidine rings is 2. The molecule has 4 aliphatic rings. The fourth-order valence-corrected chi connectivity index (χ4v) is 5.48. The highest BCUT2D eigenvalue weighted by molar-refractivity contribution is 6.18. The molecule has 0 radical (unpaired) electrons. The van der Waals surface area contributed by atoms with Crippen LogP contribution in [0, 0.1) is 0 Å². The highest BCUT2D eigenvalue weighted by Gasteiger charge is 2.83. The molecule has 3 heterocycles. The van der Waals surface area contributed by atoms with Crippen molar-refractivity contribution < 1.29 is 14.3 Å². The molecule has 2 saturated heterocycles. The first-order valence-electron chi connectivity index (χ1n) is 8.04. The lowest BCUT2D eigenvalue weighted by Crippen LogP contribution is -2.29. The maximum atomic E-state index is 12.9. The largest absolute Gasteiger partial charge is 0.454 e. The van der Waals surface area contributed by atoms with Gasteiger partial charge in [0.25, 0.3) is 0 Å². The fraction of sp³-hybridized carbons (Fsp3) is 0.588. The molecule has 1 aromatic carbocycles. The fourth-order valence-electron chi connectivity index (χ4n) is 5.27. The number of hydrogen-bond acceptors (Lipinski definition) is 4. The van der Waals surface area contributed by atoms with Gasteiger partial charge in [0, 0.05) is 18.8 Å². The van der Waals surface area contributed by atoms with Crippen LogP contribution in [0.25, 0.3) is 0 Å². The van der Waals surface area contributed by atoms with E-state index >= 15 is 0 Å². The van der Waals surface area contributed by atoms with Gasteiger partial charge >= 0.3 is 0 Å². The van der Waals surface area contributed by atoms with Crippen molar-refractivity contribution >= 4 is 17.4 Å². The summed E-state index contributed by atoms with van der Waals surface area (Å²) >= 11 is 6.01. The van der Waals surface area contributed by atoms with Gasteiger partial charge in [-0.15, -0.1) is 11.6 Å². The molecule has 22 heavy (non-hydrogen) atoms. The number of Topliss-reactive ketones (excluding diaryl/α,β-unsaturated/α-hetero) is 1. The predicted molar refractivity (Wildman–Crippen MR) is 81.6 cm³/mol. The second kappa shape index (κ2) is 4.18. The van der Waals surface area contributed by atoms with E-state index in [0.29, 0.717) is 18.1 Å². The molecular formula is C17H18ClNO3. The Labute approximate surface area is 134 Å². The second-order valence-electron chi connectivity index (χ2n) is 6.72. The number of aryl methyl sites for hydroxylation is 1. The van der Waals surface area contributed by atoms with E-state index in [1.807, 2.05) is 12.1 Å². The number of carbonyl (C=O) groups is 1. The van der Waals surface area contributed by atoms with Crippen LogP contribution in [0.5, 0.6) is 11.5 Å². The summed E-state index contributed by atoms with van der Waals surface area (Å²) in [6.07, 6.45) is 4.79. The van der Waals surface area contributed by atoms with Gasteiger partial charge in [-0.1, -0.05) is 0 Å². The third-order valence-corrected chi connectivity index (χ3v) is 6.23. The molecule has 1 aromatic rings. The molecule has 5 rings (SSSR count). The number of alkyl halides is 1. The van der Waals surface area contributed by atoms with Crippen LogP contribution in [0.4, 0.5) is 0 Å². The van der Waals surface area contributed by atoms with Crippen molar-refractivity contribution in [3.05, 3.63) is 23.3 Å². The first kappa shape index (κ1) is 13.2. The molecule has 3 atom stereocenters. The summed E-state index contributed by atoms with van der Waals surface area (Å²) in [5, 5.41) is 0. The number of fused-ring (bicyclic) bond motifs is 2. The molecule has 5 heteroatoms. The van der Waals surface area contributed by atoms with Gasteiger partial charge in [-0.05, 0) is 48.9 Å².